The molecule has 2 N–H and O–H groups in total. The topological polar surface area (TPSA) is 84.2 Å². The van der Waals surface area contributed by atoms with E-state index in [1.165, 1.54) is 17.5 Å². The Morgan fingerprint density at radius 3 is 2.67 bits per heavy atom. The van der Waals surface area contributed by atoms with E-state index >= 15 is 0 Å². The van der Waals surface area contributed by atoms with E-state index in [1.54, 1.807) is 10.9 Å². The lowest BCUT2D eigenvalue weighted by atomic mass is 10.1. The molecule has 21 heavy (non-hydrogen) atoms. The average molecular weight is 307 g/mol. The van der Waals surface area contributed by atoms with Crippen molar-refractivity contribution in [2.45, 2.75) is 33.7 Å². The monoisotopic (exact) mass is 307 g/mol. The second-order valence-electron chi connectivity index (χ2n) is 4.54. The summed E-state index contributed by atoms with van der Waals surface area (Å²) in [4.78, 5) is 24.5. The zero-order valence-corrected chi connectivity index (χ0v) is 13.0. The van der Waals surface area contributed by atoms with Crippen LogP contribution in [0.1, 0.15) is 45.0 Å². The van der Waals surface area contributed by atoms with Crippen LogP contribution in [0.4, 0.5) is 5.00 Å². The molecule has 0 spiro atoms. The Morgan fingerprint density at radius 2 is 2.14 bits per heavy atom. The molecule has 0 aliphatic carbocycles. The molecule has 1 amide bonds. The van der Waals surface area contributed by atoms with Crippen LogP contribution >= 0.6 is 11.3 Å². The van der Waals surface area contributed by atoms with E-state index in [0.717, 1.165) is 10.4 Å². The summed E-state index contributed by atoms with van der Waals surface area (Å²) in [6.45, 7) is 6.36. The van der Waals surface area contributed by atoms with Crippen LogP contribution in [0.2, 0.25) is 0 Å². The number of hydrogen-bond acceptors (Lipinski definition) is 4. The van der Waals surface area contributed by atoms with Crippen molar-refractivity contribution in [3.05, 3.63) is 34.0 Å². The van der Waals surface area contributed by atoms with Gasteiger partial charge in [-0.15, -0.1) is 11.3 Å². The maximum Gasteiger partial charge on any atom is 0.339 e. The lowest BCUT2D eigenvalue weighted by Gasteiger charge is -2.03. The van der Waals surface area contributed by atoms with Gasteiger partial charge in [-0.05, 0) is 25.8 Å². The lowest BCUT2D eigenvalue weighted by molar-refractivity contribution is 0.0697. The van der Waals surface area contributed by atoms with E-state index in [0.29, 0.717) is 23.5 Å². The van der Waals surface area contributed by atoms with E-state index in [1.807, 2.05) is 20.8 Å². The van der Waals surface area contributed by atoms with Gasteiger partial charge in [0.05, 0.1) is 17.3 Å². The van der Waals surface area contributed by atoms with Crippen LogP contribution in [0.15, 0.2) is 12.4 Å². The summed E-state index contributed by atoms with van der Waals surface area (Å²) in [6, 6.07) is 0. The quantitative estimate of drug-likeness (QED) is 0.889. The Balaban J connectivity index is 2.31. The maximum absolute atomic E-state index is 12.2. The Labute approximate surface area is 126 Å². The highest BCUT2D eigenvalue weighted by Crippen LogP contribution is 2.33. The summed E-state index contributed by atoms with van der Waals surface area (Å²) in [5.41, 5.74) is 1.38. The van der Waals surface area contributed by atoms with Crippen molar-refractivity contribution < 1.29 is 14.7 Å². The standard InChI is InChI=1S/C14H17N3O3S/c1-4-10-8(3)21-13(11(10)14(19)20)16-12(18)9-6-15-17(5-2)7-9/h6-7H,4-5H2,1-3H3,(H,16,18)(H,19,20). The molecular weight excluding hydrogens is 290 g/mol. The number of amides is 1. The number of anilines is 1. The molecule has 0 radical (unpaired) electrons. The van der Waals surface area contributed by atoms with Crippen LogP contribution in [0.5, 0.6) is 0 Å². The Kier molecular flexibility index (Phi) is 4.42. The van der Waals surface area contributed by atoms with E-state index in [2.05, 4.69) is 10.4 Å². The number of rotatable bonds is 5. The number of aryl methyl sites for hydroxylation is 2. The minimum absolute atomic E-state index is 0.191. The summed E-state index contributed by atoms with van der Waals surface area (Å²) in [6.07, 6.45) is 3.73. The summed E-state index contributed by atoms with van der Waals surface area (Å²) < 4.78 is 1.64. The van der Waals surface area contributed by atoms with Crippen molar-refractivity contribution in [2.75, 3.05) is 5.32 Å². The third-order valence-electron chi connectivity index (χ3n) is 3.22. The van der Waals surface area contributed by atoms with Gasteiger partial charge in [0, 0.05) is 17.6 Å². The molecule has 0 aliphatic heterocycles. The van der Waals surface area contributed by atoms with Crippen LogP contribution in [-0.4, -0.2) is 26.8 Å². The molecule has 2 aromatic heterocycles. The molecule has 112 valence electrons. The second-order valence-corrected chi connectivity index (χ2v) is 5.76. The fourth-order valence-corrected chi connectivity index (χ4v) is 3.28. The third kappa shape index (κ3) is 2.97. The first-order chi connectivity index (χ1) is 9.97. The lowest BCUT2D eigenvalue weighted by Crippen LogP contribution is -2.13. The highest BCUT2D eigenvalue weighted by molar-refractivity contribution is 7.16. The summed E-state index contributed by atoms with van der Waals surface area (Å²) in [7, 11) is 0. The molecule has 2 heterocycles. The predicted molar refractivity (Wildman–Crippen MR) is 81.2 cm³/mol. The number of hydrogen-bond donors (Lipinski definition) is 2. The average Bonchev–Trinajstić information content (AvgIpc) is 3.02. The number of carboxylic acid groups (broad SMARTS) is 1. The van der Waals surface area contributed by atoms with Gasteiger partial charge in [-0.1, -0.05) is 6.92 Å². The molecule has 0 bridgehead atoms. The second kappa shape index (κ2) is 6.09. The number of aromatic carboxylic acids is 1. The molecule has 6 nitrogen and oxygen atoms in total. The van der Waals surface area contributed by atoms with Gasteiger partial charge in [0.2, 0.25) is 0 Å². The summed E-state index contributed by atoms with van der Waals surface area (Å²) in [5.74, 6) is -1.36. The molecule has 0 saturated carbocycles. The molecule has 0 saturated heterocycles. The first-order valence-corrected chi connectivity index (χ1v) is 7.48. The van der Waals surface area contributed by atoms with E-state index in [4.69, 9.17) is 0 Å². The highest BCUT2D eigenvalue weighted by Gasteiger charge is 2.22. The summed E-state index contributed by atoms with van der Waals surface area (Å²) in [5, 5.41) is 16.5. The van der Waals surface area contributed by atoms with Crippen LogP contribution in [-0.2, 0) is 13.0 Å². The first kappa shape index (κ1) is 15.2. The van der Waals surface area contributed by atoms with E-state index in [-0.39, 0.29) is 11.5 Å². The predicted octanol–water partition coefficient (Wildman–Crippen LogP) is 2.79. The SMILES string of the molecule is CCc1c(C)sc(NC(=O)c2cnn(CC)c2)c1C(=O)O. The van der Waals surface area contributed by atoms with Gasteiger partial charge in [0.15, 0.2) is 0 Å². The Morgan fingerprint density at radius 1 is 1.43 bits per heavy atom. The number of nitrogens with one attached hydrogen (secondary N) is 1. The molecular formula is C14H17N3O3S. The molecule has 0 atom stereocenters. The van der Waals surface area contributed by atoms with Crippen molar-refractivity contribution in [3.8, 4) is 0 Å². The first-order valence-electron chi connectivity index (χ1n) is 6.67. The fraction of sp³-hybridized carbons (Fsp3) is 0.357. The zero-order valence-electron chi connectivity index (χ0n) is 12.1. The number of nitrogens with zero attached hydrogens (tertiary/aromatic N) is 2. The molecule has 0 fully saturated rings. The van der Waals surface area contributed by atoms with Gasteiger partial charge in [0.1, 0.15) is 5.00 Å². The normalized spacial score (nSPS) is 10.6. The molecule has 2 rings (SSSR count). The molecule has 0 aromatic carbocycles. The zero-order chi connectivity index (χ0) is 15.6. The van der Waals surface area contributed by atoms with Crippen LogP contribution in [0.3, 0.4) is 0 Å². The summed E-state index contributed by atoms with van der Waals surface area (Å²) >= 11 is 1.29. The van der Waals surface area contributed by atoms with Gasteiger partial charge in [-0.25, -0.2) is 4.79 Å². The minimum atomic E-state index is -1.02. The third-order valence-corrected chi connectivity index (χ3v) is 4.29. The molecule has 0 aliphatic rings. The van der Waals surface area contributed by atoms with Crippen molar-refractivity contribution in [1.82, 2.24) is 9.78 Å². The maximum atomic E-state index is 12.2. The smallest absolute Gasteiger partial charge is 0.339 e. The van der Waals surface area contributed by atoms with E-state index < -0.39 is 5.97 Å². The van der Waals surface area contributed by atoms with Crippen molar-refractivity contribution >= 4 is 28.2 Å². The highest BCUT2D eigenvalue weighted by atomic mass is 32.1. The Bertz CT molecular complexity index is 688. The molecule has 0 unspecified atom stereocenters. The number of aromatic nitrogens is 2. The largest absolute Gasteiger partial charge is 0.478 e. The Hall–Kier alpha value is -2.15. The molecule has 7 heteroatoms. The minimum Gasteiger partial charge on any atom is -0.478 e. The van der Waals surface area contributed by atoms with Crippen molar-refractivity contribution in [1.29, 1.82) is 0 Å². The van der Waals surface area contributed by atoms with Gasteiger partial charge in [0.25, 0.3) is 5.91 Å². The molecule has 2 aromatic rings. The van der Waals surface area contributed by atoms with Gasteiger partial charge < -0.3 is 10.4 Å². The van der Waals surface area contributed by atoms with Crippen LogP contribution in [0, 0.1) is 6.92 Å². The number of carbonyl (C=O) groups excluding carboxylic acids is 1. The van der Waals surface area contributed by atoms with Crippen LogP contribution < -0.4 is 5.32 Å². The van der Waals surface area contributed by atoms with Gasteiger partial charge in [-0.3, -0.25) is 9.48 Å². The fourth-order valence-electron chi connectivity index (χ4n) is 2.15. The van der Waals surface area contributed by atoms with Crippen molar-refractivity contribution in [3.63, 3.8) is 0 Å². The van der Waals surface area contributed by atoms with Crippen LogP contribution in [0.25, 0.3) is 0 Å². The van der Waals surface area contributed by atoms with Gasteiger partial charge >= 0.3 is 5.97 Å². The van der Waals surface area contributed by atoms with Gasteiger partial charge in [-0.2, -0.15) is 5.10 Å². The number of carbonyl (C=O) groups is 2. The number of carboxylic acids is 1. The van der Waals surface area contributed by atoms with E-state index in [9.17, 15) is 14.7 Å². The number of thiophene rings is 1. The van der Waals surface area contributed by atoms with Crippen molar-refractivity contribution in [2.24, 2.45) is 0 Å².